The summed E-state index contributed by atoms with van der Waals surface area (Å²) in [6, 6.07) is 0. The molecule has 0 bridgehead atoms. The van der Waals surface area contributed by atoms with Crippen molar-refractivity contribution < 1.29 is 10.2 Å². The average molecular weight is 387 g/mol. The summed E-state index contributed by atoms with van der Waals surface area (Å²) in [7, 11) is 0. The van der Waals surface area contributed by atoms with E-state index < -0.39 is 5.60 Å². The van der Waals surface area contributed by atoms with Gasteiger partial charge >= 0.3 is 0 Å². The fourth-order valence-corrected chi connectivity index (χ4v) is 6.16. The third-order valence-electron chi connectivity index (χ3n) is 7.94. The number of allylic oxidation sites excluding steroid dienone is 4. The van der Waals surface area contributed by atoms with Crippen molar-refractivity contribution in [1.82, 2.24) is 0 Å². The van der Waals surface area contributed by atoms with Crippen molar-refractivity contribution in [3.8, 4) is 0 Å². The third-order valence-corrected chi connectivity index (χ3v) is 7.94. The Bertz CT molecular complexity index is 621. The maximum absolute atomic E-state index is 9.99. The Labute approximate surface area is 172 Å². The summed E-state index contributed by atoms with van der Waals surface area (Å²) in [5.41, 5.74) is 4.07. The Morgan fingerprint density at radius 2 is 1.93 bits per heavy atom. The Hall–Kier alpha value is -0.860. The molecule has 0 amide bonds. The topological polar surface area (TPSA) is 40.5 Å². The zero-order chi connectivity index (χ0) is 20.4. The van der Waals surface area contributed by atoms with Gasteiger partial charge in [0.2, 0.25) is 0 Å². The molecular weight excluding hydrogens is 344 g/mol. The predicted molar refractivity (Wildman–Crippen MR) is 118 cm³/mol. The van der Waals surface area contributed by atoms with E-state index in [-0.39, 0.29) is 6.10 Å². The quantitative estimate of drug-likeness (QED) is 0.512. The Morgan fingerprint density at radius 3 is 2.68 bits per heavy atom. The monoisotopic (exact) mass is 386 g/mol. The van der Waals surface area contributed by atoms with Gasteiger partial charge in [0, 0.05) is 0 Å². The summed E-state index contributed by atoms with van der Waals surface area (Å²) in [4.78, 5) is 0. The molecule has 0 radical (unpaired) electrons. The van der Waals surface area contributed by atoms with Gasteiger partial charge in [-0.15, -0.1) is 0 Å². The van der Waals surface area contributed by atoms with Crippen LogP contribution in [0.4, 0.5) is 0 Å². The van der Waals surface area contributed by atoms with Gasteiger partial charge in [0.1, 0.15) is 0 Å². The molecule has 0 aromatic carbocycles. The first-order chi connectivity index (χ1) is 13.2. The molecule has 0 aromatic rings. The summed E-state index contributed by atoms with van der Waals surface area (Å²) in [6.07, 6.45) is 18.3. The first-order valence-corrected chi connectivity index (χ1v) is 11.7. The Balaban J connectivity index is 1.63. The third kappa shape index (κ3) is 5.19. The highest BCUT2D eigenvalue weighted by molar-refractivity contribution is 5.36. The van der Waals surface area contributed by atoms with Crippen LogP contribution in [0.25, 0.3) is 0 Å². The van der Waals surface area contributed by atoms with E-state index in [9.17, 15) is 10.2 Å². The predicted octanol–water partition coefficient (Wildman–Crippen LogP) is 6.49. The summed E-state index contributed by atoms with van der Waals surface area (Å²) in [6.45, 7) is 10.6. The number of hydrogen-bond donors (Lipinski definition) is 2. The summed E-state index contributed by atoms with van der Waals surface area (Å²) >= 11 is 0. The highest BCUT2D eigenvalue weighted by Crippen LogP contribution is 2.58. The van der Waals surface area contributed by atoms with Gasteiger partial charge in [-0.25, -0.2) is 0 Å². The van der Waals surface area contributed by atoms with Gasteiger partial charge in [0.05, 0.1) is 11.7 Å². The van der Waals surface area contributed by atoms with Crippen molar-refractivity contribution in [2.45, 2.75) is 110 Å². The second-order valence-corrected chi connectivity index (χ2v) is 10.7. The minimum absolute atomic E-state index is 0.188. The largest absolute Gasteiger partial charge is 0.393 e. The van der Waals surface area contributed by atoms with Gasteiger partial charge in [-0.2, -0.15) is 0 Å². The SMILES string of the molecule is C=C1CCC(O)C/C1=C\C=C1/CCCC2(C)C(CCCCC(C)(C)O)CCC12. The molecule has 2 heteroatoms. The van der Waals surface area contributed by atoms with Gasteiger partial charge in [0.25, 0.3) is 0 Å². The van der Waals surface area contributed by atoms with Crippen LogP contribution < -0.4 is 0 Å². The van der Waals surface area contributed by atoms with Gasteiger partial charge in [-0.3, -0.25) is 0 Å². The van der Waals surface area contributed by atoms with Gasteiger partial charge in [-0.05, 0) is 101 Å². The number of rotatable bonds is 6. The zero-order valence-corrected chi connectivity index (χ0v) is 18.5. The molecule has 2 nitrogen and oxygen atoms in total. The highest BCUT2D eigenvalue weighted by atomic mass is 16.3. The van der Waals surface area contributed by atoms with Crippen LogP contribution in [0.3, 0.4) is 0 Å². The molecule has 0 saturated heterocycles. The standard InChI is InChI=1S/C26H42O2/c1-19-10-14-23(27)18-21(19)12-11-20-8-7-17-26(4)22(13-15-24(20)26)9-5-6-16-25(2,3)28/h11-12,22-24,27-28H,1,5-10,13-18H2,2-4H3/b20-11+,21-12+. The van der Waals surface area contributed by atoms with Gasteiger partial charge < -0.3 is 10.2 Å². The van der Waals surface area contributed by atoms with Crippen LogP contribution in [0.15, 0.2) is 35.5 Å². The Kier molecular flexibility index (Phi) is 6.92. The van der Waals surface area contributed by atoms with Crippen LogP contribution in [0.1, 0.15) is 97.8 Å². The second-order valence-electron chi connectivity index (χ2n) is 10.7. The van der Waals surface area contributed by atoms with E-state index >= 15 is 0 Å². The molecule has 3 rings (SSSR count). The van der Waals surface area contributed by atoms with Crippen LogP contribution in [0.2, 0.25) is 0 Å². The van der Waals surface area contributed by atoms with Gasteiger partial charge in [-0.1, -0.05) is 49.6 Å². The molecule has 0 aliphatic heterocycles. The molecule has 4 atom stereocenters. The van der Waals surface area contributed by atoms with E-state index in [1.54, 1.807) is 5.57 Å². The molecule has 3 aliphatic rings. The van der Waals surface area contributed by atoms with E-state index in [1.165, 1.54) is 56.1 Å². The molecule has 0 spiro atoms. The molecular formula is C26H42O2. The maximum Gasteiger partial charge on any atom is 0.0591 e. The van der Waals surface area contributed by atoms with E-state index in [4.69, 9.17) is 0 Å². The number of fused-ring (bicyclic) bond motifs is 1. The van der Waals surface area contributed by atoms with E-state index in [2.05, 4.69) is 25.7 Å². The van der Waals surface area contributed by atoms with Crippen LogP contribution in [-0.2, 0) is 0 Å². The van der Waals surface area contributed by atoms with Crippen molar-refractivity contribution in [3.05, 3.63) is 35.5 Å². The van der Waals surface area contributed by atoms with Crippen molar-refractivity contribution >= 4 is 0 Å². The first kappa shape index (κ1) is 21.8. The first-order valence-electron chi connectivity index (χ1n) is 11.7. The lowest BCUT2D eigenvalue weighted by Crippen LogP contribution is -2.33. The lowest BCUT2D eigenvalue weighted by Gasteiger charge is -2.42. The fourth-order valence-electron chi connectivity index (χ4n) is 6.16. The van der Waals surface area contributed by atoms with Gasteiger partial charge in [0.15, 0.2) is 0 Å². The van der Waals surface area contributed by atoms with E-state index in [1.807, 2.05) is 13.8 Å². The molecule has 3 fully saturated rings. The average Bonchev–Trinajstić information content (AvgIpc) is 2.95. The van der Waals surface area contributed by atoms with E-state index in [0.29, 0.717) is 5.41 Å². The summed E-state index contributed by atoms with van der Waals surface area (Å²) in [5, 5.41) is 19.9. The number of aliphatic hydroxyl groups excluding tert-OH is 1. The molecule has 0 aromatic heterocycles. The van der Waals surface area contributed by atoms with Crippen molar-refractivity contribution in [1.29, 1.82) is 0 Å². The smallest absolute Gasteiger partial charge is 0.0591 e. The maximum atomic E-state index is 9.99. The number of unbranched alkanes of at least 4 members (excludes halogenated alkanes) is 1. The lowest BCUT2D eigenvalue weighted by molar-refractivity contribution is 0.0659. The van der Waals surface area contributed by atoms with Crippen molar-refractivity contribution in [2.75, 3.05) is 0 Å². The molecule has 3 aliphatic carbocycles. The lowest BCUT2D eigenvalue weighted by atomic mass is 9.62. The summed E-state index contributed by atoms with van der Waals surface area (Å²) < 4.78 is 0. The molecule has 2 N–H and O–H groups in total. The molecule has 28 heavy (non-hydrogen) atoms. The Morgan fingerprint density at radius 1 is 1.14 bits per heavy atom. The van der Waals surface area contributed by atoms with Crippen LogP contribution in [0, 0.1) is 17.3 Å². The number of hydrogen-bond acceptors (Lipinski definition) is 2. The normalized spacial score (nSPS) is 36.9. The zero-order valence-electron chi connectivity index (χ0n) is 18.5. The minimum atomic E-state index is -0.521. The van der Waals surface area contributed by atoms with Crippen LogP contribution in [-0.4, -0.2) is 21.9 Å². The highest BCUT2D eigenvalue weighted by Gasteiger charge is 2.48. The minimum Gasteiger partial charge on any atom is -0.393 e. The molecule has 3 saturated carbocycles. The molecule has 158 valence electrons. The number of aliphatic hydroxyl groups is 2. The summed E-state index contributed by atoms with van der Waals surface area (Å²) in [5.74, 6) is 1.57. The second kappa shape index (κ2) is 8.88. The van der Waals surface area contributed by atoms with Crippen LogP contribution in [0.5, 0.6) is 0 Å². The molecule has 0 heterocycles. The van der Waals surface area contributed by atoms with Crippen molar-refractivity contribution in [3.63, 3.8) is 0 Å². The van der Waals surface area contributed by atoms with Crippen LogP contribution >= 0.6 is 0 Å². The molecule has 4 unspecified atom stereocenters. The van der Waals surface area contributed by atoms with Crippen molar-refractivity contribution in [2.24, 2.45) is 17.3 Å². The fraction of sp³-hybridized carbons (Fsp3) is 0.769. The van der Waals surface area contributed by atoms with E-state index in [0.717, 1.165) is 43.9 Å².